The third-order valence-electron chi connectivity index (χ3n) is 2.42. The van der Waals surface area contributed by atoms with E-state index in [0.717, 1.165) is 6.42 Å². The average molecular weight is 226 g/mol. The van der Waals surface area contributed by atoms with Crippen molar-refractivity contribution in [3.05, 3.63) is 11.6 Å². The molecule has 1 saturated heterocycles. The molecule has 1 unspecified atom stereocenters. The highest BCUT2D eigenvalue weighted by atomic mass is 16.5. The summed E-state index contributed by atoms with van der Waals surface area (Å²) in [6, 6.07) is 0. The minimum Gasteiger partial charge on any atom is -0.461 e. The lowest BCUT2D eigenvalue weighted by atomic mass is 10.1. The van der Waals surface area contributed by atoms with Gasteiger partial charge in [-0.3, -0.25) is 0 Å². The van der Waals surface area contributed by atoms with Gasteiger partial charge >= 0.3 is 5.97 Å². The van der Waals surface area contributed by atoms with Crippen LogP contribution in [0, 0.1) is 0 Å². The molecule has 88 valence electrons. The summed E-state index contributed by atoms with van der Waals surface area (Å²) in [6.45, 7) is 3.25. The smallest absolute Gasteiger partial charge is 0.362 e. The number of aromatic nitrogens is 1. The summed E-state index contributed by atoms with van der Waals surface area (Å²) in [6.07, 6.45) is 0.836. The summed E-state index contributed by atoms with van der Waals surface area (Å²) in [5.74, 6) is 0.0118. The fourth-order valence-corrected chi connectivity index (χ4v) is 1.60. The third-order valence-corrected chi connectivity index (χ3v) is 2.42. The molecule has 0 aromatic carbocycles. The average Bonchev–Trinajstić information content (AvgIpc) is 2.86. The first-order chi connectivity index (χ1) is 7.72. The molecule has 0 amide bonds. The summed E-state index contributed by atoms with van der Waals surface area (Å²) in [4.78, 5) is 15.5. The van der Waals surface area contributed by atoms with E-state index in [0.29, 0.717) is 19.1 Å². The molecule has 1 aliphatic heterocycles. The number of nitrogens with two attached hydrogens (primary N) is 1. The van der Waals surface area contributed by atoms with E-state index < -0.39 is 5.97 Å². The Morgan fingerprint density at radius 3 is 3.12 bits per heavy atom. The number of ether oxygens (including phenoxy) is 2. The van der Waals surface area contributed by atoms with Gasteiger partial charge in [0.1, 0.15) is 0 Å². The first-order valence-electron chi connectivity index (χ1n) is 5.23. The number of hydrogen-bond acceptors (Lipinski definition) is 6. The molecule has 2 heterocycles. The molecule has 2 N–H and O–H groups in total. The van der Waals surface area contributed by atoms with Crippen LogP contribution in [-0.4, -0.2) is 30.8 Å². The van der Waals surface area contributed by atoms with Gasteiger partial charge < -0.3 is 19.6 Å². The Morgan fingerprint density at radius 2 is 2.50 bits per heavy atom. The number of anilines is 1. The number of oxazole rings is 1. The molecular formula is C10H14N2O4. The summed E-state index contributed by atoms with van der Waals surface area (Å²) in [5, 5.41) is 0. The molecule has 2 rings (SSSR count). The van der Waals surface area contributed by atoms with E-state index in [-0.39, 0.29) is 24.1 Å². The zero-order valence-corrected chi connectivity index (χ0v) is 9.06. The number of rotatable bonds is 3. The second kappa shape index (κ2) is 4.52. The van der Waals surface area contributed by atoms with Crippen LogP contribution in [0.15, 0.2) is 4.42 Å². The normalized spacial score (nSPS) is 19.9. The van der Waals surface area contributed by atoms with E-state index in [4.69, 9.17) is 19.6 Å². The monoisotopic (exact) mass is 226 g/mol. The number of nitrogens with zero attached hydrogens (tertiary/aromatic N) is 1. The summed E-state index contributed by atoms with van der Waals surface area (Å²) in [5.41, 5.74) is 5.63. The standard InChI is InChI=1S/C10H14N2O4/c1-2-15-10(13)7-8(11)16-9(12-7)6-3-4-14-5-6/h6H,2-5,11H2,1H3. The van der Waals surface area contributed by atoms with Gasteiger partial charge in [-0.25, -0.2) is 9.78 Å². The maximum absolute atomic E-state index is 11.4. The van der Waals surface area contributed by atoms with Crippen LogP contribution >= 0.6 is 0 Å². The van der Waals surface area contributed by atoms with Crippen LogP contribution in [0.1, 0.15) is 35.6 Å². The molecule has 6 heteroatoms. The molecule has 6 nitrogen and oxygen atoms in total. The highest BCUT2D eigenvalue weighted by Crippen LogP contribution is 2.27. The molecule has 0 bridgehead atoms. The van der Waals surface area contributed by atoms with Crippen molar-refractivity contribution in [3.8, 4) is 0 Å². The summed E-state index contributed by atoms with van der Waals surface area (Å²) in [7, 11) is 0. The topological polar surface area (TPSA) is 87.6 Å². The van der Waals surface area contributed by atoms with Crippen LogP contribution < -0.4 is 5.73 Å². The van der Waals surface area contributed by atoms with E-state index >= 15 is 0 Å². The maximum Gasteiger partial charge on any atom is 0.362 e. The molecule has 0 radical (unpaired) electrons. The zero-order valence-electron chi connectivity index (χ0n) is 9.06. The lowest BCUT2D eigenvalue weighted by Crippen LogP contribution is -2.08. The molecular weight excluding hydrogens is 212 g/mol. The van der Waals surface area contributed by atoms with Gasteiger partial charge in [-0.1, -0.05) is 0 Å². The van der Waals surface area contributed by atoms with E-state index in [1.807, 2.05) is 0 Å². The fourth-order valence-electron chi connectivity index (χ4n) is 1.60. The number of esters is 1. The first kappa shape index (κ1) is 10.9. The second-order valence-corrected chi connectivity index (χ2v) is 3.55. The Morgan fingerprint density at radius 1 is 1.69 bits per heavy atom. The van der Waals surface area contributed by atoms with Crippen LogP contribution in [0.25, 0.3) is 0 Å². The first-order valence-corrected chi connectivity index (χ1v) is 5.23. The van der Waals surface area contributed by atoms with E-state index in [1.165, 1.54) is 0 Å². The van der Waals surface area contributed by atoms with E-state index in [1.54, 1.807) is 6.92 Å². The van der Waals surface area contributed by atoms with Gasteiger partial charge in [0.2, 0.25) is 17.5 Å². The van der Waals surface area contributed by atoms with E-state index in [2.05, 4.69) is 4.98 Å². The van der Waals surface area contributed by atoms with Crippen molar-refractivity contribution in [1.82, 2.24) is 4.98 Å². The Labute approximate surface area is 92.7 Å². The molecule has 1 atom stereocenters. The van der Waals surface area contributed by atoms with Crippen molar-refractivity contribution in [2.24, 2.45) is 0 Å². The molecule has 16 heavy (non-hydrogen) atoms. The number of hydrogen-bond donors (Lipinski definition) is 1. The Bertz CT molecular complexity index is 382. The predicted octanol–water partition coefficient (Wildman–Crippen LogP) is 0.937. The van der Waals surface area contributed by atoms with E-state index in [9.17, 15) is 4.79 Å². The van der Waals surface area contributed by atoms with Crippen LogP contribution in [0.4, 0.5) is 5.88 Å². The van der Waals surface area contributed by atoms with Crippen LogP contribution in [0.2, 0.25) is 0 Å². The SMILES string of the molecule is CCOC(=O)c1nc(C2CCOC2)oc1N. The summed E-state index contributed by atoms with van der Waals surface area (Å²) < 4.78 is 15.3. The van der Waals surface area contributed by atoms with Gasteiger partial charge in [0.15, 0.2) is 0 Å². The van der Waals surface area contributed by atoms with Crippen molar-refractivity contribution < 1.29 is 18.7 Å². The number of carbonyl (C=O) groups excluding carboxylic acids is 1. The molecule has 0 spiro atoms. The minimum atomic E-state index is -0.547. The fraction of sp³-hybridized carbons (Fsp3) is 0.600. The molecule has 0 aliphatic carbocycles. The van der Waals surface area contributed by atoms with Crippen molar-refractivity contribution in [2.45, 2.75) is 19.3 Å². The van der Waals surface area contributed by atoms with Gasteiger partial charge in [0.25, 0.3) is 0 Å². The molecule has 1 aromatic heterocycles. The lowest BCUT2D eigenvalue weighted by molar-refractivity contribution is 0.0521. The second-order valence-electron chi connectivity index (χ2n) is 3.55. The number of carbonyl (C=O) groups is 1. The van der Waals surface area contributed by atoms with Gasteiger partial charge in [-0.05, 0) is 13.3 Å². The highest BCUT2D eigenvalue weighted by molar-refractivity contribution is 5.91. The van der Waals surface area contributed by atoms with Gasteiger partial charge in [-0.15, -0.1) is 0 Å². The quantitative estimate of drug-likeness (QED) is 0.771. The molecule has 1 fully saturated rings. The Kier molecular flexibility index (Phi) is 3.09. The summed E-state index contributed by atoms with van der Waals surface area (Å²) >= 11 is 0. The van der Waals surface area contributed by atoms with Gasteiger partial charge in [0, 0.05) is 6.61 Å². The Balaban J connectivity index is 2.17. The molecule has 1 aliphatic rings. The van der Waals surface area contributed by atoms with Crippen molar-refractivity contribution in [2.75, 3.05) is 25.6 Å². The minimum absolute atomic E-state index is 0.0142. The Hall–Kier alpha value is -1.56. The van der Waals surface area contributed by atoms with Crippen LogP contribution in [0.3, 0.4) is 0 Å². The van der Waals surface area contributed by atoms with Crippen molar-refractivity contribution in [1.29, 1.82) is 0 Å². The zero-order chi connectivity index (χ0) is 11.5. The van der Waals surface area contributed by atoms with Crippen molar-refractivity contribution in [3.63, 3.8) is 0 Å². The lowest BCUT2D eigenvalue weighted by Gasteiger charge is -1.99. The largest absolute Gasteiger partial charge is 0.461 e. The number of nitrogen functional groups attached to an aromatic ring is 1. The van der Waals surface area contributed by atoms with Crippen LogP contribution in [0.5, 0.6) is 0 Å². The predicted molar refractivity (Wildman–Crippen MR) is 55.0 cm³/mol. The molecule has 0 saturated carbocycles. The van der Waals surface area contributed by atoms with Crippen LogP contribution in [-0.2, 0) is 9.47 Å². The third kappa shape index (κ3) is 2.01. The van der Waals surface area contributed by atoms with Gasteiger partial charge in [0.05, 0.1) is 19.1 Å². The highest BCUT2D eigenvalue weighted by Gasteiger charge is 2.27. The van der Waals surface area contributed by atoms with Gasteiger partial charge in [-0.2, -0.15) is 0 Å². The van der Waals surface area contributed by atoms with Crippen molar-refractivity contribution >= 4 is 11.9 Å². The molecule has 1 aromatic rings. The maximum atomic E-state index is 11.4.